The topological polar surface area (TPSA) is 74.0 Å². The van der Waals surface area contributed by atoms with E-state index in [9.17, 15) is 9.59 Å². The highest BCUT2D eigenvalue weighted by atomic mass is 16.2. The number of aromatic nitrogens is 1. The Morgan fingerprint density at radius 1 is 1.14 bits per heavy atom. The number of H-pyrrole nitrogens is 1. The Hall–Kier alpha value is -3.18. The molecule has 1 fully saturated rings. The van der Waals surface area contributed by atoms with Crippen molar-refractivity contribution in [1.82, 2.24) is 10.3 Å². The number of para-hydroxylation sites is 1. The molecule has 0 bridgehead atoms. The fraction of sp³-hybridized carbons (Fsp3) is 0.250. The summed E-state index contributed by atoms with van der Waals surface area (Å²) in [5.41, 5.74) is 4.80. The number of ketones is 1. The number of rotatable bonds is 4. The second kappa shape index (κ2) is 7.33. The van der Waals surface area contributed by atoms with Crippen LogP contribution in [0.4, 0.5) is 5.69 Å². The van der Waals surface area contributed by atoms with Crippen LogP contribution < -0.4 is 10.6 Å². The first-order valence-corrected chi connectivity index (χ1v) is 10.2. The van der Waals surface area contributed by atoms with Crippen molar-refractivity contribution < 1.29 is 9.59 Å². The standard InChI is InChI=1S/C24H23N3O2/c28-23(13-17-5-3-4-10-25-17)15-8-9-22-19(11-15)20(24(29)27-22)12-16-14-26-21-7-2-1-6-18(16)21/h1-2,6-9,11-12,14,17,25-26H,3-5,10,13H2,(H,27,29). The van der Waals surface area contributed by atoms with Crippen molar-refractivity contribution in [2.75, 3.05) is 11.9 Å². The van der Waals surface area contributed by atoms with Crippen molar-refractivity contribution in [3.05, 3.63) is 65.4 Å². The molecular weight excluding hydrogens is 362 g/mol. The molecule has 1 amide bonds. The molecule has 29 heavy (non-hydrogen) atoms. The van der Waals surface area contributed by atoms with Gasteiger partial charge in [0.1, 0.15) is 0 Å². The number of amides is 1. The van der Waals surface area contributed by atoms with Crippen LogP contribution in [0.3, 0.4) is 0 Å². The zero-order chi connectivity index (χ0) is 19.8. The lowest BCUT2D eigenvalue weighted by Gasteiger charge is -2.22. The third-order valence-corrected chi connectivity index (χ3v) is 5.89. The molecule has 1 aromatic heterocycles. The molecule has 1 saturated heterocycles. The minimum absolute atomic E-state index is 0.123. The number of hydrogen-bond acceptors (Lipinski definition) is 3. The van der Waals surface area contributed by atoms with Crippen LogP contribution in [0.2, 0.25) is 0 Å². The van der Waals surface area contributed by atoms with Gasteiger partial charge in [-0.1, -0.05) is 24.6 Å². The summed E-state index contributed by atoms with van der Waals surface area (Å²) in [6.07, 6.45) is 7.71. The average Bonchev–Trinajstić information content (AvgIpc) is 3.29. The molecule has 0 radical (unpaired) electrons. The van der Waals surface area contributed by atoms with E-state index in [1.54, 1.807) is 0 Å². The van der Waals surface area contributed by atoms with Crippen LogP contribution in [0.25, 0.3) is 22.6 Å². The predicted molar refractivity (Wildman–Crippen MR) is 116 cm³/mol. The number of benzene rings is 2. The van der Waals surface area contributed by atoms with Gasteiger partial charge in [0.25, 0.3) is 5.91 Å². The maximum Gasteiger partial charge on any atom is 0.256 e. The van der Waals surface area contributed by atoms with E-state index in [1.807, 2.05) is 54.7 Å². The molecule has 0 spiro atoms. The molecule has 5 rings (SSSR count). The number of carbonyl (C=O) groups is 2. The molecule has 5 nitrogen and oxygen atoms in total. The van der Waals surface area contributed by atoms with E-state index in [2.05, 4.69) is 15.6 Å². The molecule has 0 aliphatic carbocycles. The molecule has 3 heterocycles. The van der Waals surface area contributed by atoms with Crippen LogP contribution >= 0.6 is 0 Å². The summed E-state index contributed by atoms with van der Waals surface area (Å²) >= 11 is 0. The molecule has 3 N–H and O–H groups in total. The van der Waals surface area contributed by atoms with E-state index in [-0.39, 0.29) is 17.7 Å². The maximum absolute atomic E-state index is 12.8. The molecular formula is C24H23N3O2. The van der Waals surface area contributed by atoms with Gasteiger partial charge in [-0.15, -0.1) is 0 Å². The third kappa shape index (κ3) is 3.38. The first-order valence-electron chi connectivity index (χ1n) is 10.2. The summed E-state index contributed by atoms with van der Waals surface area (Å²) in [5.74, 6) is -0.0122. The summed E-state index contributed by atoms with van der Waals surface area (Å²) in [6, 6.07) is 13.8. The number of aromatic amines is 1. The van der Waals surface area contributed by atoms with Crippen LogP contribution in [0.15, 0.2) is 48.7 Å². The Kier molecular flexibility index (Phi) is 4.52. The van der Waals surface area contributed by atoms with Gasteiger partial charge in [0.05, 0.1) is 0 Å². The summed E-state index contributed by atoms with van der Waals surface area (Å²) in [4.78, 5) is 28.7. The quantitative estimate of drug-likeness (QED) is 0.461. The molecule has 146 valence electrons. The van der Waals surface area contributed by atoms with Gasteiger partial charge in [-0.2, -0.15) is 0 Å². The highest BCUT2D eigenvalue weighted by Crippen LogP contribution is 2.35. The van der Waals surface area contributed by atoms with Crippen LogP contribution in [0.1, 0.15) is 47.2 Å². The Morgan fingerprint density at radius 3 is 2.90 bits per heavy atom. The smallest absolute Gasteiger partial charge is 0.256 e. The van der Waals surface area contributed by atoms with E-state index in [0.717, 1.165) is 40.7 Å². The molecule has 3 aromatic rings. The molecule has 1 atom stereocenters. The van der Waals surface area contributed by atoms with Crippen molar-refractivity contribution in [2.24, 2.45) is 0 Å². The normalized spacial score (nSPS) is 20.1. The molecule has 1 unspecified atom stereocenters. The van der Waals surface area contributed by atoms with Crippen molar-refractivity contribution in [3.63, 3.8) is 0 Å². The van der Waals surface area contributed by atoms with Gasteiger partial charge in [-0.3, -0.25) is 9.59 Å². The second-order valence-corrected chi connectivity index (χ2v) is 7.84. The molecule has 0 saturated carbocycles. The van der Waals surface area contributed by atoms with Crippen LogP contribution in [-0.2, 0) is 4.79 Å². The van der Waals surface area contributed by atoms with Crippen LogP contribution in [0.5, 0.6) is 0 Å². The van der Waals surface area contributed by atoms with Crippen LogP contribution in [0, 0.1) is 0 Å². The van der Waals surface area contributed by atoms with Gasteiger partial charge in [0.15, 0.2) is 5.78 Å². The van der Waals surface area contributed by atoms with Crippen molar-refractivity contribution >= 4 is 39.9 Å². The van der Waals surface area contributed by atoms with Crippen molar-refractivity contribution in [1.29, 1.82) is 0 Å². The highest BCUT2D eigenvalue weighted by molar-refractivity contribution is 6.35. The Balaban J connectivity index is 1.47. The monoisotopic (exact) mass is 385 g/mol. The fourth-order valence-corrected chi connectivity index (χ4v) is 4.31. The number of carbonyl (C=O) groups excluding carboxylic acids is 2. The molecule has 5 heteroatoms. The number of piperidine rings is 1. The van der Waals surface area contributed by atoms with Gasteiger partial charge in [0, 0.05) is 57.5 Å². The lowest BCUT2D eigenvalue weighted by atomic mass is 9.95. The highest BCUT2D eigenvalue weighted by Gasteiger charge is 2.26. The van der Waals surface area contributed by atoms with E-state index >= 15 is 0 Å². The predicted octanol–water partition coefficient (Wildman–Crippen LogP) is 4.38. The second-order valence-electron chi connectivity index (χ2n) is 7.84. The summed E-state index contributed by atoms with van der Waals surface area (Å²) < 4.78 is 0. The maximum atomic E-state index is 12.8. The van der Waals surface area contributed by atoms with Gasteiger partial charge >= 0.3 is 0 Å². The van der Waals surface area contributed by atoms with Gasteiger partial charge < -0.3 is 15.6 Å². The Bertz CT molecular complexity index is 1140. The van der Waals surface area contributed by atoms with Gasteiger partial charge in [-0.25, -0.2) is 0 Å². The Morgan fingerprint density at radius 2 is 2.03 bits per heavy atom. The first kappa shape index (κ1) is 17.9. The van der Waals surface area contributed by atoms with E-state index in [1.165, 1.54) is 12.8 Å². The zero-order valence-electron chi connectivity index (χ0n) is 16.1. The number of fused-ring (bicyclic) bond motifs is 2. The van der Waals surface area contributed by atoms with Crippen molar-refractivity contribution in [2.45, 2.75) is 31.7 Å². The summed E-state index contributed by atoms with van der Waals surface area (Å²) in [5, 5.41) is 7.41. The van der Waals surface area contributed by atoms with Crippen molar-refractivity contribution in [3.8, 4) is 0 Å². The average molecular weight is 385 g/mol. The van der Waals surface area contributed by atoms with Crippen LogP contribution in [-0.4, -0.2) is 29.3 Å². The number of nitrogens with one attached hydrogen (secondary N) is 3. The van der Waals surface area contributed by atoms with E-state index < -0.39 is 0 Å². The lowest BCUT2D eigenvalue weighted by molar-refractivity contribution is -0.110. The molecule has 2 aromatic carbocycles. The summed E-state index contributed by atoms with van der Waals surface area (Å²) in [7, 11) is 0. The Labute approximate surface area is 169 Å². The third-order valence-electron chi connectivity index (χ3n) is 5.89. The van der Waals surface area contributed by atoms with E-state index in [4.69, 9.17) is 0 Å². The number of Topliss-reactive ketones (excluding diaryl/α,β-unsaturated/α-hetero) is 1. The number of hydrogen-bond donors (Lipinski definition) is 3. The fourth-order valence-electron chi connectivity index (χ4n) is 4.31. The SMILES string of the molecule is O=C1Nc2ccc(C(=O)CC3CCCCN3)cc2C1=Cc1c[nH]c2ccccc12. The minimum atomic E-state index is -0.135. The summed E-state index contributed by atoms with van der Waals surface area (Å²) in [6.45, 7) is 0.984. The van der Waals surface area contributed by atoms with E-state index in [0.29, 0.717) is 17.6 Å². The minimum Gasteiger partial charge on any atom is -0.361 e. The lowest BCUT2D eigenvalue weighted by Crippen LogP contribution is -2.35. The van der Waals surface area contributed by atoms with Gasteiger partial charge in [-0.05, 0) is 49.7 Å². The number of anilines is 1. The largest absolute Gasteiger partial charge is 0.361 e. The zero-order valence-corrected chi connectivity index (χ0v) is 16.1. The van der Waals surface area contributed by atoms with Gasteiger partial charge in [0.2, 0.25) is 0 Å². The molecule has 2 aliphatic heterocycles. The first-order chi connectivity index (χ1) is 14.2. The molecule has 2 aliphatic rings.